The number of hydrogen-bond donors (Lipinski definition) is 2. The second-order valence-electron chi connectivity index (χ2n) is 6.46. The number of aryl methyl sites for hydroxylation is 1. The van der Waals surface area contributed by atoms with Gasteiger partial charge in [-0.3, -0.25) is 4.99 Å². The molecule has 3 rings (SSSR count). The molecule has 0 atom stereocenters. The molecule has 3 aromatic rings. The quantitative estimate of drug-likeness (QED) is 0.299. The molecule has 2 aromatic heterocycles. The van der Waals surface area contributed by atoms with Crippen molar-refractivity contribution in [1.29, 1.82) is 0 Å². The molecule has 0 spiro atoms. The molecular formula is C21H27FIN5. The van der Waals surface area contributed by atoms with E-state index in [1.807, 2.05) is 54.9 Å². The summed E-state index contributed by atoms with van der Waals surface area (Å²) in [6.07, 6.45) is 5.65. The van der Waals surface area contributed by atoms with Gasteiger partial charge in [0, 0.05) is 38.4 Å². The van der Waals surface area contributed by atoms with Crippen LogP contribution in [0, 0.1) is 12.7 Å². The van der Waals surface area contributed by atoms with Gasteiger partial charge < -0.3 is 15.0 Å². The van der Waals surface area contributed by atoms with E-state index in [9.17, 15) is 4.39 Å². The monoisotopic (exact) mass is 495 g/mol. The first-order valence-electron chi connectivity index (χ1n) is 9.35. The number of pyridine rings is 1. The predicted molar refractivity (Wildman–Crippen MR) is 123 cm³/mol. The Hall–Kier alpha value is -2.16. The van der Waals surface area contributed by atoms with Crippen LogP contribution in [0.15, 0.2) is 53.8 Å². The summed E-state index contributed by atoms with van der Waals surface area (Å²) in [6, 6.07) is 10.9. The van der Waals surface area contributed by atoms with Crippen LogP contribution in [0.25, 0.3) is 5.65 Å². The van der Waals surface area contributed by atoms with E-state index in [1.165, 1.54) is 6.07 Å². The third-order valence-corrected chi connectivity index (χ3v) is 4.39. The highest BCUT2D eigenvalue weighted by Gasteiger charge is 2.03. The van der Waals surface area contributed by atoms with Crippen LogP contribution in [0.1, 0.15) is 23.7 Å². The van der Waals surface area contributed by atoms with Crippen molar-refractivity contribution < 1.29 is 4.39 Å². The molecule has 5 nitrogen and oxygen atoms in total. The SMILES string of the molecule is CCNC(=NCCc1cn2ccccc2n1)NCCc1ccc(F)cc1C.I. The summed E-state index contributed by atoms with van der Waals surface area (Å²) < 4.78 is 15.2. The maximum atomic E-state index is 13.2. The average molecular weight is 495 g/mol. The number of nitrogens with zero attached hydrogens (tertiary/aromatic N) is 3. The fourth-order valence-electron chi connectivity index (χ4n) is 2.99. The van der Waals surface area contributed by atoms with Crippen LogP contribution < -0.4 is 10.6 Å². The van der Waals surface area contributed by atoms with Gasteiger partial charge in [0.1, 0.15) is 11.5 Å². The minimum Gasteiger partial charge on any atom is -0.357 e. The Bertz CT molecular complexity index is 889. The number of imidazole rings is 1. The van der Waals surface area contributed by atoms with Crippen molar-refractivity contribution in [2.75, 3.05) is 19.6 Å². The topological polar surface area (TPSA) is 53.7 Å². The van der Waals surface area contributed by atoms with Gasteiger partial charge in [-0.15, -0.1) is 24.0 Å². The zero-order valence-electron chi connectivity index (χ0n) is 16.3. The highest BCUT2D eigenvalue weighted by molar-refractivity contribution is 14.0. The number of halogens is 2. The molecule has 0 bridgehead atoms. The molecule has 2 N–H and O–H groups in total. The van der Waals surface area contributed by atoms with Gasteiger partial charge in [0.05, 0.1) is 5.69 Å². The number of benzene rings is 1. The van der Waals surface area contributed by atoms with Gasteiger partial charge in [0.2, 0.25) is 0 Å². The van der Waals surface area contributed by atoms with Gasteiger partial charge >= 0.3 is 0 Å². The van der Waals surface area contributed by atoms with Crippen molar-refractivity contribution in [3.8, 4) is 0 Å². The van der Waals surface area contributed by atoms with Crippen LogP contribution >= 0.6 is 24.0 Å². The Kier molecular flexibility index (Phi) is 8.69. The van der Waals surface area contributed by atoms with Gasteiger partial charge in [-0.1, -0.05) is 12.1 Å². The molecular weight excluding hydrogens is 468 g/mol. The van der Waals surface area contributed by atoms with Crippen molar-refractivity contribution in [1.82, 2.24) is 20.0 Å². The first-order chi connectivity index (χ1) is 13.2. The number of aromatic nitrogens is 2. The highest BCUT2D eigenvalue weighted by atomic mass is 127. The largest absolute Gasteiger partial charge is 0.357 e. The van der Waals surface area contributed by atoms with E-state index in [-0.39, 0.29) is 29.8 Å². The molecule has 0 unspecified atom stereocenters. The highest BCUT2D eigenvalue weighted by Crippen LogP contribution is 2.10. The van der Waals surface area contributed by atoms with Gasteiger partial charge in [-0.2, -0.15) is 0 Å². The normalized spacial score (nSPS) is 11.3. The number of fused-ring (bicyclic) bond motifs is 1. The van der Waals surface area contributed by atoms with Crippen molar-refractivity contribution in [2.45, 2.75) is 26.7 Å². The molecule has 150 valence electrons. The summed E-state index contributed by atoms with van der Waals surface area (Å²) in [5.41, 5.74) is 4.11. The van der Waals surface area contributed by atoms with E-state index in [1.54, 1.807) is 6.07 Å². The van der Waals surface area contributed by atoms with Gasteiger partial charge in [0.15, 0.2) is 5.96 Å². The molecule has 0 amide bonds. The zero-order chi connectivity index (χ0) is 19.1. The number of hydrogen-bond acceptors (Lipinski definition) is 2. The number of nitrogens with one attached hydrogen (secondary N) is 2. The van der Waals surface area contributed by atoms with Gasteiger partial charge in [0.25, 0.3) is 0 Å². The Morgan fingerprint density at radius 1 is 1.18 bits per heavy atom. The molecule has 2 heterocycles. The van der Waals surface area contributed by atoms with Crippen LogP contribution in [-0.2, 0) is 12.8 Å². The molecule has 7 heteroatoms. The van der Waals surface area contributed by atoms with Crippen molar-refractivity contribution in [3.05, 3.63) is 71.4 Å². The second-order valence-corrected chi connectivity index (χ2v) is 6.46. The minimum atomic E-state index is -0.189. The summed E-state index contributed by atoms with van der Waals surface area (Å²) in [6.45, 7) is 6.19. The lowest BCUT2D eigenvalue weighted by Gasteiger charge is -2.12. The molecule has 0 saturated heterocycles. The lowest BCUT2D eigenvalue weighted by molar-refractivity contribution is 0.625. The van der Waals surface area contributed by atoms with E-state index in [0.29, 0.717) is 6.54 Å². The average Bonchev–Trinajstić information content (AvgIpc) is 3.06. The summed E-state index contributed by atoms with van der Waals surface area (Å²) in [7, 11) is 0. The Morgan fingerprint density at radius 2 is 2.04 bits per heavy atom. The molecule has 0 saturated carbocycles. The standard InChI is InChI=1S/C21H26FN5.HI/c1-3-23-21(24-11-9-17-7-8-18(22)14-16(17)2)25-12-10-19-15-27-13-5-4-6-20(27)26-19;/h4-8,13-15H,3,9-12H2,1-2H3,(H2,23,24,25);1H. The van der Waals surface area contributed by atoms with E-state index < -0.39 is 0 Å². The van der Waals surface area contributed by atoms with Crippen LogP contribution in [0.3, 0.4) is 0 Å². The molecule has 1 aromatic carbocycles. The van der Waals surface area contributed by atoms with Crippen LogP contribution in [0.4, 0.5) is 4.39 Å². The predicted octanol–water partition coefficient (Wildman–Crippen LogP) is 3.74. The summed E-state index contributed by atoms with van der Waals surface area (Å²) in [4.78, 5) is 9.23. The third kappa shape index (κ3) is 6.19. The lowest BCUT2D eigenvalue weighted by Crippen LogP contribution is -2.38. The van der Waals surface area contributed by atoms with Crippen LogP contribution in [0.2, 0.25) is 0 Å². The van der Waals surface area contributed by atoms with E-state index >= 15 is 0 Å². The Balaban J connectivity index is 0.00000280. The summed E-state index contributed by atoms with van der Waals surface area (Å²) in [5.74, 6) is 0.604. The maximum absolute atomic E-state index is 13.2. The second kappa shape index (κ2) is 11.0. The van der Waals surface area contributed by atoms with Gasteiger partial charge in [-0.25, -0.2) is 9.37 Å². The number of aliphatic imine (C=N–C) groups is 1. The van der Waals surface area contributed by atoms with Crippen molar-refractivity contribution in [3.63, 3.8) is 0 Å². The first kappa shape index (κ1) is 22.1. The number of rotatable bonds is 7. The van der Waals surface area contributed by atoms with E-state index in [2.05, 4.69) is 20.6 Å². The Morgan fingerprint density at radius 3 is 2.79 bits per heavy atom. The maximum Gasteiger partial charge on any atom is 0.191 e. The van der Waals surface area contributed by atoms with Crippen molar-refractivity contribution >= 4 is 35.6 Å². The smallest absolute Gasteiger partial charge is 0.191 e. The van der Waals surface area contributed by atoms with Crippen molar-refractivity contribution in [2.24, 2.45) is 4.99 Å². The number of guanidine groups is 1. The van der Waals surface area contributed by atoms with Crippen LogP contribution in [-0.4, -0.2) is 35.0 Å². The minimum absolute atomic E-state index is 0. The van der Waals surface area contributed by atoms with Gasteiger partial charge in [-0.05, 0) is 55.7 Å². The van der Waals surface area contributed by atoms with E-state index in [4.69, 9.17) is 0 Å². The fourth-order valence-corrected chi connectivity index (χ4v) is 2.99. The first-order valence-corrected chi connectivity index (χ1v) is 9.35. The molecule has 28 heavy (non-hydrogen) atoms. The third-order valence-electron chi connectivity index (χ3n) is 4.39. The zero-order valence-corrected chi connectivity index (χ0v) is 18.6. The van der Waals surface area contributed by atoms with E-state index in [0.717, 1.165) is 54.4 Å². The lowest BCUT2D eigenvalue weighted by atomic mass is 10.1. The Labute approximate surface area is 182 Å². The molecule has 0 fully saturated rings. The summed E-state index contributed by atoms with van der Waals surface area (Å²) in [5, 5.41) is 6.60. The summed E-state index contributed by atoms with van der Waals surface area (Å²) >= 11 is 0. The molecule has 0 aliphatic heterocycles. The molecule has 0 aliphatic rings. The molecule has 0 radical (unpaired) electrons. The molecule has 0 aliphatic carbocycles. The van der Waals surface area contributed by atoms with Crippen LogP contribution in [0.5, 0.6) is 0 Å². The fraction of sp³-hybridized carbons (Fsp3) is 0.333.